The Balaban J connectivity index is 1.90. The van der Waals surface area contributed by atoms with Crippen LogP contribution in [-0.2, 0) is 16.0 Å². The van der Waals surface area contributed by atoms with Gasteiger partial charge in [-0.25, -0.2) is 8.78 Å². The van der Waals surface area contributed by atoms with E-state index in [0.29, 0.717) is 26.4 Å². The molecule has 21 heavy (non-hydrogen) atoms. The molecule has 1 aromatic rings. The van der Waals surface area contributed by atoms with E-state index in [-0.39, 0.29) is 5.75 Å². The smallest absolute Gasteiger partial charge is 0.308 e. The van der Waals surface area contributed by atoms with Gasteiger partial charge >= 0.3 is 5.97 Å². The Bertz CT molecular complexity index is 481. The van der Waals surface area contributed by atoms with Crippen molar-refractivity contribution in [2.45, 2.75) is 6.42 Å². The molecule has 7 heteroatoms. The number of aliphatic carboxylic acids is 1. The van der Waals surface area contributed by atoms with E-state index in [1.807, 2.05) is 0 Å². The van der Waals surface area contributed by atoms with Crippen LogP contribution < -0.4 is 4.74 Å². The normalized spacial score (nSPS) is 15.9. The summed E-state index contributed by atoms with van der Waals surface area (Å²) in [5.74, 6) is -3.03. The minimum atomic E-state index is -1.28. The van der Waals surface area contributed by atoms with Gasteiger partial charge in [0, 0.05) is 37.3 Å². The Hall–Kier alpha value is -1.73. The molecule has 2 rings (SSSR count). The average Bonchev–Trinajstić information content (AvgIpc) is 2.44. The molecular weight excluding hydrogens is 284 g/mol. The van der Waals surface area contributed by atoms with E-state index in [1.54, 1.807) is 0 Å². The second-order valence-corrected chi connectivity index (χ2v) is 4.74. The van der Waals surface area contributed by atoms with Crippen LogP contribution in [0.3, 0.4) is 0 Å². The maximum atomic E-state index is 13.6. The van der Waals surface area contributed by atoms with E-state index in [4.69, 9.17) is 14.6 Å². The molecule has 0 spiro atoms. The highest BCUT2D eigenvalue weighted by molar-refractivity contribution is 5.70. The van der Waals surface area contributed by atoms with Crippen molar-refractivity contribution in [3.8, 4) is 5.75 Å². The summed E-state index contributed by atoms with van der Waals surface area (Å²) in [6.07, 6.45) is -0.689. The molecule has 116 valence electrons. The van der Waals surface area contributed by atoms with E-state index >= 15 is 0 Å². The Kier molecular flexibility index (Phi) is 5.46. The summed E-state index contributed by atoms with van der Waals surface area (Å²) < 4.78 is 37.8. The fraction of sp³-hybridized carbons (Fsp3) is 0.500. The summed E-state index contributed by atoms with van der Waals surface area (Å²) in [4.78, 5) is 12.7. The molecule has 0 unspecified atom stereocenters. The molecule has 0 atom stereocenters. The minimum Gasteiger partial charge on any atom is -0.492 e. The van der Waals surface area contributed by atoms with Crippen LogP contribution in [0.1, 0.15) is 5.56 Å². The Morgan fingerprint density at radius 1 is 1.29 bits per heavy atom. The van der Waals surface area contributed by atoms with Crippen LogP contribution in [0.5, 0.6) is 5.75 Å². The van der Waals surface area contributed by atoms with Crippen molar-refractivity contribution >= 4 is 5.97 Å². The zero-order valence-electron chi connectivity index (χ0n) is 11.5. The van der Waals surface area contributed by atoms with Crippen LogP contribution in [0.15, 0.2) is 12.1 Å². The third-order valence-electron chi connectivity index (χ3n) is 3.22. The van der Waals surface area contributed by atoms with Crippen LogP contribution in [0.4, 0.5) is 8.78 Å². The standard InChI is InChI=1S/C14H17F2NO4/c15-12-7-10(8-13(16)11(12)9-14(18)19)21-6-3-17-1-4-20-5-2-17/h7-8H,1-6,9H2,(H,18,19). The predicted molar refractivity (Wildman–Crippen MR) is 70.5 cm³/mol. The van der Waals surface area contributed by atoms with Gasteiger partial charge in [0.2, 0.25) is 0 Å². The number of carboxylic acid groups (broad SMARTS) is 1. The van der Waals surface area contributed by atoms with Gasteiger partial charge in [-0.1, -0.05) is 0 Å². The van der Waals surface area contributed by atoms with Crippen molar-refractivity contribution in [1.82, 2.24) is 4.90 Å². The number of morpholine rings is 1. The maximum absolute atomic E-state index is 13.6. The number of ether oxygens (including phenoxy) is 2. The lowest BCUT2D eigenvalue weighted by atomic mass is 10.1. The summed E-state index contributed by atoms with van der Waals surface area (Å²) in [5.41, 5.74) is -0.456. The summed E-state index contributed by atoms with van der Waals surface area (Å²) >= 11 is 0. The second-order valence-electron chi connectivity index (χ2n) is 4.74. The van der Waals surface area contributed by atoms with E-state index < -0.39 is 29.6 Å². The van der Waals surface area contributed by atoms with E-state index in [9.17, 15) is 13.6 Å². The number of hydrogen-bond donors (Lipinski definition) is 1. The minimum absolute atomic E-state index is 0.0624. The third kappa shape index (κ3) is 4.64. The Morgan fingerprint density at radius 2 is 1.90 bits per heavy atom. The van der Waals surface area contributed by atoms with E-state index in [2.05, 4.69) is 4.90 Å². The number of carboxylic acids is 1. The molecule has 0 radical (unpaired) electrons. The van der Waals surface area contributed by atoms with Gasteiger partial charge < -0.3 is 14.6 Å². The molecule has 0 bridgehead atoms. The van der Waals surface area contributed by atoms with Crippen LogP contribution in [0.2, 0.25) is 0 Å². The van der Waals surface area contributed by atoms with Gasteiger partial charge in [-0.3, -0.25) is 9.69 Å². The molecule has 1 heterocycles. The third-order valence-corrected chi connectivity index (χ3v) is 3.22. The number of nitrogens with zero attached hydrogens (tertiary/aromatic N) is 1. The first-order valence-electron chi connectivity index (χ1n) is 6.69. The van der Waals surface area contributed by atoms with Gasteiger partial charge in [-0.05, 0) is 0 Å². The lowest BCUT2D eigenvalue weighted by Gasteiger charge is -2.26. The van der Waals surface area contributed by atoms with Gasteiger partial charge in [-0.2, -0.15) is 0 Å². The first-order chi connectivity index (χ1) is 10.1. The van der Waals surface area contributed by atoms with Crippen molar-refractivity contribution in [1.29, 1.82) is 0 Å². The fourth-order valence-electron chi connectivity index (χ4n) is 2.10. The summed E-state index contributed by atoms with van der Waals surface area (Å²) in [7, 11) is 0. The SMILES string of the molecule is O=C(O)Cc1c(F)cc(OCCN2CCOCC2)cc1F. The van der Waals surface area contributed by atoms with Gasteiger partial charge in [0.1, 0.15) is 24.0 Å². The number of hydrogen-bond acceptors (Lipinski definition) is 4. The summed E-state index contributed by atoms with van der Waals surface area (Å²) in [6, 6.07) is 2.03. The first-order valence-corrected chi connectivity index (χ1v) is 6.69. The van der Waals surface area contributed by atoms with Gasteiger partial charge in [0.05, 0.1) is 19.6 Å². The van der Waals surface area contributed by atoms with E-state index in [1.165, 1.54) is 0 Å². The molecule has 1 N–H and O–H groups in total. The molecule has 1 aromatic carbocycles. The molecular formula is C14H17F2NO4. The highest BCUT2D eigenvalue weighted by atomic mass is 19.1. The number of rotatable bonds is 6. The molecule has 1 aliphatic heterocycles. The summed E-state index contributed by atoms with van der Waals surface area (Å²) in [6.45, 7) is 3.91. The fourth-order valence-corrected chi connectivity index (χ4v) is 2.10. The van der Waals surface area contributed by atoms with Crippen LogP contribution in [-0.4, -0.2) is 55.4 Å². The Morgan fingerprint density at radius 3 is 2.48 bits per heavy atom. The largest absolute Gasteiger partial charge is 0.492 e. The zero-order chi connectivity index (χ0) is 15.2. The average molecular weight is 301 g/mol. The number of carbonyl (C=O) groups is 1. The summed E-state index contributed by atoms with van der Waals surface area (Å²) in [5, 5.41) is 8.59. The van der Waals surface area contributed by atoms with Crippen LogP contribution in [0, 0.1) is 11.6 Å². The van der Waals surface area contributed by atoms with Gasteiger partial charge in [-0.15, -0.1) is 0 Å². The molecule has 5 nitrogen and oxygen atoms in total. The topological polar surface area (TPSA) is 59.0 Å². The number of halogens is 2. The van der Waals surface area contributed by atoms with Crippen molar-refractivity contribution < 1.29 is 28.2 Å². The quantitative estimate of drug-likeness (QED) is 0.858. The van der Waals surface area contributed by atoms with Crippen molar-refractivity contribution in [2.24, 2.45) is 0 Å². The van der Waals surface area contributed by atoms with Gasteiger partial charge in [0.25, 0.3) is 0 Å². The lowest BCUT2D eigenvalue weighted by molar-refractivity contribution is -0.136. The molecule has 0 aromatic heterocycles. The first kappa shape index (κ1) is 15.7. The molecule has 0 saturated carbocycles. The molecule has 1 saturated heterocycles. The molecule has 1 fully saturated rings. The van der Waals surface area contributed by atoms with Crippen LogP contribution in [0.25, 0.3) is 0 Å². The predicted octanol–water partition coefficient (Wildman–Crippen LogP) is 1.30. The van der Waals surface area contributed by atoms with Crippen molar-refractivity contribution in [2.75, 3.05) is 39.5 Å². The Labute approximate surface area is 121 Å². The van der Waals surface area contributed by atoms with Crippen LogP contribution >= 0.6 is 0 Å². The number of benzene rings is 1. The van der Waals surface area contributed by atoms with E-state index in [0.717, 1.165) is 25.2 Å². The van der Waals surface area contributed by atoms with Crippen molar-refractivity contribution in [3.63, 3.8) is 0 Å². The second kappa shape index (κ2) is 7.33. The zero-order valence-corrected chi connectivity index (χ0v) is 11.5. The lowest BCUT2D eigenvalue weighted by Crippen LogP contribution is -2.38. The molecule has 0 amide bonds. The molecule has 1 aliphatic rings. The highest BCUT2D eigenvalue weighted by Gasteiger charge is 2.15. The highest BCUT2D eigenvalue weighted by Crippen LogP contribution is 2.21. The molecule has 0 aliphatic carbocycles. The van der Waals surface area contributed by atoms with Crippen molar-refractivity contribution in [3.05, 3.63) is 29.3 Å². The monoisotopic (exact) mass is 301 g/mol. The van der Waals surface area contributed by atoms with Gasteiger partial charge in [0.15, 0.2) is 0 Å². The maximum Gasteiger partial charge on any atom is 0.308 e.